The van der Waals surface area contributed by atoms with Gasteiger partial charge in [0.2, 0.25) is 0 Å². The maximum absolute atomic E-state index is 5.85. The Bertz CT molecular complexity index is 540. The minimum atomic E-state index is 0.709. The van der Waals surface area contributed by atoms with Crippen molar-refractivity contribution in [2.24, 2.45) is 0 Å². The molecule has 2 rings (SSSR count). The van der Waals surface area contributed by atoms with Crippen molar-refractivity contribution in [3.05, 3.63) is 58.4 Å². The number of benzene rings is 1. The number of hydrogen-bond acceptors (Lipinski definition) is 3. The summed E-state index contributed by atoms with van der Waals surface area (Å²) in [6, 6.07) is 11.7. The van der Waals surface area contributed by atoms with Gasteiger partial charge in [0, 0.05) is 35.9 Å². The van der Waals surface area contributed by atoms with Crippen LogP contribution in [0.2, 0.25) is 5.02 Å². The van der Waals surface area contributed by atoms with E-state index in [2.05, 4.69) is 10.3 Å². The van der Waals surface area contributed by atoms with Crippen LogP contribution in [-0.4, -0.2) is 12.1 Å². The standard InChI is InChI=1S/C15H17ClN2O/c1-11-7-15(19-2)8-14(18-11)10-17-9-12-3-5-13(16)6-4-12/h3-8,17H,9-10H2,1-2H3. The van der Waals surface area contributed by atoms with Crippen molar-refractivity contribution in [3.63, 3.8) is 0 Å². The number of aryl methyl sites for hydroxylation is 1. The van der Waals surface area contributed by atoms with Crippen LogP contribution in [0.25, 0.3) is 0 Å². The van der Waals surface area contributed by atoms with Crippen LogP contribution in [0.4, 0.5) is 0 Å². The van der Waals surface area contributed by atoms with E-state index in [0.29, 0.717) is 6.54 Å². The Morgan fingerprint density at radius 1 is 1.16 bits per heavy atom. The summed E-state index contributed by atoms with van der Waals surface area (Å²) in [5, 5.41) is 4.11. The van der Waals surface area contributed by atoms with E-state index in [9.17, 15) is 0 Å². The van der Waals surface area contributed by atoms with E-state index in [1.165, 1.54) is 5.56 Å². The topological polar surface area (TPSA) is 34.1 Å². The molecule has 1 N–H and O–H groups in total. The van der Waals surface area contributed by atoms with Crippen LogP contribution in [-0.2, 0) is 13.1 Å². The van der Waals surface area contributed by atoms with Crippen LogP contribution in [0, 0.1) is 6.92 Å². The van der Waals surface area contributed by atoms with Gasteiger partial charge in [-0.3, -0.25) is 4.98 Å². The second-order valence-corrected chi connectivity index (χ2v) is 4.81. The van der Waals surface area contributed by atoms with Crippen LogP contribution in [0.15, 0.2) is 36.4 Å². The molecule has 0 fully saturated rings. The number of halogens is 1. The highest BCUT2D eigenvalue weighted by atomic mass is 35.5. The minimum Gasteiger partial charge on any atom is -0.497 e. The SMILES string of the molecule is COc1cc(C)nc(CNCc2ccc(Cl)cc2)c1. The lowest BCUT2D eigenvalue weighted by molar-refractivity contribution is 0.412. The molecule has 0 radical (unpaired) electrons. The van der Waals surface area contributed by atoms with Crippen LogP contribution in [0.5, 0.6) is 5.75 Å². The Hall–Kier alpha value is -1.58. The van der Waals surface area contributed by atoms with Gasteiger partial charge in [0.15, 0.2) is 0 Å². The van der Waals surface area contributed by atoms with Gasteiger partial charge < -0.3 is 10.1 Å². The van der Waals surface area contributed by atoms with Gasteiger partial charge >= 0.3 is 0 Å². The molecule has 19 heavy (non-hydrogen) atoms. The zero-order chi connectivity index (χ0) is 13.7. The van der Waals surface area contributed by atoms with E-state index in [1.807, 2.05) is 43.3 Å². The van der Waals surface area contributed by atoms with Gasteiger partial charge in [0.25, 0.3) is 0 Å². The molecule has 0 saturated carbocycles. The zero-order valence-corrected chi connectivity index (χ0v) is 11.9. The first kappa shape index (κ1) is 13.8. The third-order valence-electron chi connectivity index (χ3n) is 2.76. The highest BCUT2D eigenvalue weighted by Crippen LogP contribution is 2.13. The molecule has 0 spiro atoms. The fraction of sp³-hybridized carbons (Fsp3) is 0.267. The number of nitrogens with one attached hydrogen (secondary N) is 1. The first-order valence-corrected chi connectivity index (χ1v) is 6.52. The summed E-state index contributed by atoms with van der Waals surface area (Å²) in [4.78, 5) is 4.46. The molecule has 0 unspecified atom stereocenters. The summed E-state index contributed by atoms with van der Waals surface area (Å²) in [7, 11) is 1.67. The van der Waals surface area contributed by atoms with Crippen LogP contribution in [0.1, 0.15) is 17.0 Å². The number of methoxy groups -OCH3 is 1. The van der Waals surface area contributed by atoms with E-state index >= 15 is 0 Å². The molecule has 0 atom stereocenters. The zero-order valence-electron chi connectivity index (χ0n) is 11.1. The Morgan fingerprint density at radius 3 is 2.58 bits per heavy atom. The van der Waals surface area contributed by atoms with Crippen LogP contribution >= 0.6 is 11.6 Å². The molecule has 1 aromatic carbocycles. The molecule has 1 aromatic heterocycles. The largest absolute Gasteiger partial charge is 0.497 e. The molecule has 100 valence electrons. The van der Waals surface area contributed by atoms with Gasteiger partial charge in [0.05, 0.1) is 12.8 Å². The number of ether oxygens (including phenoxy) is 1. The Balaban J connectivity index is 1.92. The van der Waals surface area contributed by atoms with Gasteiger partial charge in [0.1, 0.15) is 5.75 Å². The number of rotatable bonds is 5. The van der Waals surface area contributed by atoms with Crippen molar-refractivity contribution in [1.29, 1.82) is 0 Å². The molecule has 0 amide bonds. The lowest BCUT2D eigenvalue weighted by atomic mass is 10.2. The fourth-order valence-corrected chi connectivity index (χ4v) is 1.97. The third-order valence-corrected chi connectivity index (χ3v) is 3.02. The van der Waals surface area contributed by atoms with E-state index in [-0.39, 0.29) is 0 Å². The molecular formula is C15H17ClN2O. The molecule has 1 heterocycles. The van der Waals surface area contributed by atoms with Gasteiger partial charge in [-0.15, -0.1) is 0 Å². The normalized spacial score (nSPS) is 10.5. The predicted molar refractivity (Wildman–Crippen MR) is 77.5 cm³/mol. The number of aromatic nitrogens is 1. The summed E-state index contributed by atoms with van der Waals surface area (Å²) >= 11 is 5.85. The van der Waals surface area contributed by atoms with Crippen molar-refractivity contribution in [2.75, 3.05) is 7.11 Å². The average Bonchev–Trinajstić information content (AvgIpc) is 2.40. The molecule has 0 bridgehead atoms. The van der Waals surface area contributed by atoms with Crippen molar-refractivity contribution in [3.8, 4) is 5.75 Å². The van der Waals surface area contributed by atoms with Gasteiger partial charge in [-0.2, -0.15) is 0 Å². The lowest BCUT2D eigenvalue weighted by Crippen LogP contribution is -2.14. The average molecular weight is 277 g/mol. The van der Waals surface area contributed by atoms with Crippen LogP contribution < -0.4 is 10.1 Å². The molecule has 4 heteroatoms. The summed E-state index contributed by atoms with van der Waals surface area (Å²) in [6.07, 6.45) is 0. The number of nitrogens with zero attached hydrogens (tertiary/aromatic N) is 1. The maximum Gasteiger partial charge on any atom is 0.122 e. The minimum absolute atomic E-state index is 0.709. The number of pyridine rings is 1. The molecule has 3 nitrogen and oxygen atoms in total. The summed E-state index contributed by atoms with van der Waals surface area (Å²) in [6.45, 7) is 3.46. The highest BCUT2D eigenvalue weighted by molar-refractivity contribution is 6.30. The third kappa shape index (κ3) is 4.23. The molecule has 0 aliphatic carbocycles. The predicted octanol–water partition coefficient (Wildman–Crippen LogP) is 3.34. The monoisotopic (exact) mass is 276 g/mol. The van der Waals surface area contributed by atoms with E-state index < -0.39 is 0 Å². The van der Waals surface area contributed by atoms with Crippen molar-refractivity contribution in [1.82, 2.24) is 10.3 Å². The molecule has 0 aliphatic heterocycles. The first-order valence-electron chi connectivity index (χ1n) is 6.14. The molecular weight excluding hydrogens is 260 g/mol. The van der Waals surface area contributed by atoms with Gasteiger partial charge in [-0.05, 0) is 24.6 Å². The Kier molecular flexibility index (Phi) is 4.77. The summed E-state index contributed by atoms with van der Waals surface area (Å²) in [5.41, 5.74) is 3.14. The Labute approximate surface area is 118 Å². The van der Waals surface area contributed by atoms with E-state index in [1.54, 1.807) is 7.11 Å². The van der Waals surface area contributed by atoms with Crippen molar-refractivity contribution >= 4 is 11.6 Å². The first-order chi connectivity index (χ1) is 9.17. The van der Waals surface area contributed by atoms with E-state index in [0.717, 1.165) is 28.7 Å². The highest BCUT2D eigenvalue weighted by Gasteiger charge is 2.00. The Morgan fingerprint density at radius 2 is 1.89 bits per heavy atom. The second-order valence-electron chi connectivity index (χ2n) is 4.37. The van der Waals surface area contributed by atoms with Gasteiger partial charge in [-0.25, -0.2) is 0 Å². The molecule has 2 aromatic rings. The molecule has 0 saturated heterocycles. The summed E-state index contributed by atoms with van der Waals surface area (Å²) < 4.78 is 5.23. The molecule has 0 aliphatic rings. The van der Waals surface area contributed by atoms with Gasteiger partial charge in [-0.1, -0.05) is 23.7 Å². The maximum atomic E-state index is 5.85. The quantitative estimate of drug-likeness (QED) is 0.909. The van der Waals surface area contributed by atoms with Crippen LogP contribution in [0.3, 0.4) is 0 Å². The number of hydrogen-bond donors (Lipinski definition) is 1. The van der Waals surface area contributed by atoms with E-state index in [4.69, 9.17) is 16.3 Å². The second kappa shape index (κ2) is 6.55. The smallest absolute Gasteiger partial charge is 0.122 e. The lowest BCUT2D eigenvalue weighted by Gasteiger charge is -2.07. The van der Waals surface area contributed by atoms with Crippen molar-refractivity contribution in [2.45, 2.75) is 20.0 Å². The fourth-order valence-electron chi connectivity index (χ4n) is 1.85. The summed E-state index contributed by atoms with van der Waals surface area (Å²) in [5.74, 6) is 0.843. The van der Waals surface area contributed by atoms with Crippen molar-refractivity contribution < 1.29 is 4.74 Å².